The zero-order valence-electron chi connectivity index (χ0n) is 19.5. The summed E-state index contributed by atoms with van der Waals surface area (Å²) in [5.41, 5.74) is 2.60. The predicted octanol–water partition coefficient (Wildman–Crippen LogP) is 2.30. The van der Waals surface area contributed by atoms with E-state index >= 15 is 0 Å². The fourth-order valence-electron chi connectivity index (χ4n) is 4.23. The van der Waals surface area contributed by atoms with Gasteiger partial charge in [0.2, 0.25) is 5.91 Å². The summed E-state index contributed by atoms with van der Waals surface area (Å²) in [6.07, 6.45) is 5.46. The first kappa shape index (κ1) is 23.7. The van der Waals surface area contributed by atoms with Crippen molar-refractivity contribution in [1.82, 2.24) is 25.0 Å². The largest absolute Gasteiger partial charge is 0.348 e. The van der Waals surface area contributed by atoms with Crippen molar-refractivity contribution in [3.05, 3.63) is 29.1 Å². The molecule has 31 heavy (non-hydrogen) atoms. The van der Waals surface area contributed by atoms with E-state index in [0.29, 0.717) is 12.2 Å². The Morgan fingerprint density at radius 3 is 2.55 bits per heavy atom. The van der Waals surface area contributed by atoms with Crippen LogP contribution in [-0.2, 0) is 17.8 Å². The number of carbonyl (C=O) groups excluding carboxylic acids is 2. The summed E-state index contributed by atoms with van der Waals surface area (Å²) in [7, 11) is 0. The normalized spacial score (nSPS) is 18.5. The van der Waals surface area contributed by atoms with Crippen LogP contribution in [0, 0.1) is 0 Å². The van der Waals surface area contributed by atoms with Crippen molar-refractivity contribution in [2.75, 3.05) is 45.8 Å². The number of aromatic nitrogens is 1. The number of hydrogen-bond donors (Lipinski definition) is 1. The molecule has 0 bridgehead atoms. The van der Waals surface area contributed by atoms with Gasteiger partial charge in [-0.25, -0.2) is 4.98 Å². The maximum Gasteiger partial charge on any atom is 0.270 e. The third-order valence-electron chi connectivity index (χ3n) is 6.51. The Bertz CT molecular complexity index is 745. The average molecular weight is 430 g/mol. The number of amides is 2. The van der Waals surface area contributed by atoms with Gasteiger partial charge in [0.05, 0.1) is 6.54 Å². The molecular formula is C24H39N5O2. The van der Waals surface area contributed by atoms with Crippen molar-refractivity contribution < 1.29 is 9.59 Å². The van der Waals surface area contributed by atoms with Crippen molar-refractivity contribution in [2.24, 2.45) is 0 Å². The number of rotatable bonds is 9. The molecule has 1 atom stereocenters. The molecule has 0 aliphatic carbocycles. The Morgan fingerprint density at radius 2 is 1.84 bits per heavy atom. The minimum Gasteiger partial charge on any atom is -0.348 e. The van der Waals surface area contributed by atoms with Crippen LogP contribution in [0.1, 0.15) is 68.2 Å². The lowest BCUT2D eigenvalue weighted by Gasteiger charge is -2.36. The van der Waals surface area contributed by atoms with Crippen LogP contribution in [-0.4, -0.2) is 83.4 Å². The van der Waals surface area contributed by atoms with Crippen LogP contribution in [0.4, 0.5) is 0 Å². The molecule has 0 spiro atoms. The van der Waals surface area contributed by atoms with Crippen LogP contribution in [0.3, 0.4) is 0 Å². The number of nitrogens with one attached hydrogen (secondary N) is 1. The van der Waals surface area contributed by atoms with Crippen LogP contribution in [0.15, 0.2) is 12.1 Å². The first-order chi connectivity index (χ1) is 15.0. The molecule has 1 N–H and O–H groups in total. The molecule has 1 fully saturated rings. The van der Waals surface area contributed by atoms with Crippen LogP contribution in [0.25, 0.3) is 0 Å². The van der Waals surface area contributed by atoms with E-state index in [0.717, 1.165) is 69.9 Å². The lowest BCUT2D eigenvalue weighted by molar-refractivity contribution is -0.134. The molecule has 2 aliphatic heterocycles. The van der Waals surface area contributed by atoms with Crippen molar-refractivity contribution in [3.8, 4) is 0 Å². The topological polar surface area (TPSA) is 68.8 Å². The maximum absolute atomic E-state index is 12.8. The highest BCUT2D eigenvalue weighted by Crippen LogP contribution is 2.18. The fourth-order valence-corrected chi connectivity index (χ4v) is 4.23. The molecule has 1 unspecified atom stereocenters. The molecule has 1 saturated heterocycles. The second kappa shape index (κ2) is 11.6. The van der Waals surface area contributed by atoms with Crippen molar-refractivity contribution >= 4 is 11.8 Å². The van der Waals surface area contributed by atoms with E-state index in [-0.39, 0.29) is 17.9 Å². The minimum atomic E-state index is -0.108. The van der Waals surface area contributed by atoms with E-state index in [1.165, 1.54) is 19.3 Å². The third-order valence-corrected chi connectivity index (χ3v) is 6.51. The Balaban J connectivity index is 1.47. The quantitative estimate of drug-likeness (QED) is 0.610. The number of piperazine rings is 1. The van der Waals surface area contributed by atoms with Crippen molar-refractivity contribution in [2.45, 2.75) is 65.5 Å². The van der Waals surface area contributed by atoms with E-state index < -0.39 is 0 Å². The number of unbranched alkanes of at least 4 members (excludes halogenated alkanes) is 2. The van der Waals surface area contributed by atoms with Gasteiger partial charge < -0.3 is 10.2 Å². The summed E-state index contributed by atoms with van der Waals surface area (Å²) in [6, 6.07) is 3.95. The molecule has 1 aromatic heterocycles. The zero-order valence-corrected chi connectivity index (χ0v) is 19.5. The van der Waals surface area contributed by atoms with Gasteiger partial charge in [-0.3, -0.25) is 19.4 Å². The molecule has 3 heterocycles. The van der Waals surface area contributed by atoms with Gasteiger partial charge in [0.1, 0.15) is 5.69 Å². The van der Waals surface area contributed by atoms with Gasteiger partial charge in [-0.1, -0.05) is 32.8 Å². The molecule has 2 amide bonds. The fraction of sp³-hybridized carbons (Fsp3) is 0.708. The van der Waals surface area contributed by atoms with E-state index in [1.54, 1.807) is 6.07 Å². The SMILES string of the molecule is CCCCCN1CCN(C(=O)CN2CCc3nc(C(=O)NC(C)CC)ccc3C2)CC1. The molecule has 7 nitrogen and oxygen atoms in total. The summed E-state index contributed by atoms with van der Waals surface area (Å²) in [4.78, 5) is 36.5. The molecule has 2 aliphatic rings. The minimum absolute atomic E-state index is 0.108. The monoisotopic (exact) mass is 429 g/mol. The van der Waals surface area contributed by atoms with Gasteiger partial charge in [-0.2, -0.15) is 0 Å². The average Bonchev–Trinajstić information content (AvgIpc) is 2.79. The second-order valence-corrected chi connectivity index (χ2v) is 8.98. The molecule has 1 aromatic rings. The molecule has 172 valence electrons. The van der Waals surface area contributed by atoms with Crippen molar-refractivity contribution in [3.63, 3.8) is 0 Å². The zero-order chi connectivity index (χ0) is 22.2. The standard InChI is InChI=1S/C24H39N5O2/c1-4-6-7-11-27-13-15-29(16-14-27)23(30)18-28-12-10-21-20(17-28)8-9-22(26-21)24(31)25-19(3)5-2/h8-9,19H,4-7,10-18H2,1-3H3,(H,25,31). The molecule has 3 rings (SSSR count). The Hall–Kier alpha value is -1.99. The molecule has 7 heteroatoms. The Morgan fingerprint density at radius 1 is 1.06 bits per heavy atom. The number of hydrogen-bond acceptors (Lipinski definition) is 5. The van der Waals surface area contributed by atoms with Gasteiger partial charge in [0, 0.05) is 57.4 Å². The van der Waals surface area contributed by atoms with E-state index in [2.05, 4.69) is 33.9 Å². The highest BCUT2D eigenvalue weighted by Gasteiger charge is 2.25. The number of carbonyl (C=O) groups is 2. The Kier molecular flexibility index (Phi) is 8.84. The summed E-state index contributed by atoms with van der Waals surface area (Å²) in [6.45, 7) is 13.1. The lowest BCUT2D eigenvalue weighted by atomic mass is 10.0. The smallest absolute Gasteiger partial charge is 0.270 e. The third kappa shape index (κ3) is 6.74. The second-order valence-electron chi connectivity index (χ2n) is 8.98. The maximum atomic E-state index is 12.8. The number of nitrogens with zero attached hydrogens (tertiary/aromatic N) is 4. The molecule has 0 aromatic carbocycles. The molecular weight excluding hydrogens is 390 g/mol. The summed E-state index contributed by atoms with van der Waals surface area (Å²) < 4.78 is 0. The van der Waals surface area contributed by atoms with Crippen LogP contribution in [0.2, 0.25) is 0 Å². The van der Waals surface area contributed by atoms with Gasteiger partial charge >= 0.3 is 0 Å². The van der Waals surface area contributed by atoms with Gasteiger partial charge in [0.25, 0.3) is 5.91 Å². The summed E-state index contributed by atoms with van der Waals surface area (Å²) in [5.74, 6) is 0.123. The van der Waals surface area contributed by atoms with Crippen molar-refractivity contribution in [1.29, 1.82) is 0 Å². The van der Waals surface area contributed by atoms with Gasteiger partial charge in [-0.15, -0.1) is 0 Å². The highest BCUT2D eigenvalue weighted by atomic mass is 16.2. The van der Waals surface area contributed by atoms with E-state index in [9.17, 15) is 9.59 Å². The highest BCUT2D eigenvalue weighted by molar-refractivity contribution is 5.92. The lowest BCUT2D eigenvalue weighted by Crippen LogP contribution is -2.51. The van der Waals surface area contributed by atoms with Gasteiger partial charge in [0.15, 0.2) is 0 Å². The Labute approximate surface area is 187 Å². The number of fused-ring (bicyclic) bond motifs is 1. The van der Waals surface area contributed by atoms with Gasteiger partial charge in [-0.05, 0) is 37.9 Å². The number of pyridine rings is 1. The molecule has 0 radical (unpaired) electrons. The molecule has 0 saturated carbocycles. The van der Waals surface area contributed by atoms with Crippen LogP contribution >= 0.6 is 0 Å². The first-order valence-electron chi connectivity index (χ1n) is 12.0. The van der Waals surface area contributed by atoms with E-state index in [1.807, 2.05) is 17.9 Å². The first-order valence-corrected chi connectivity index (χ1v) is 12.0. The summed E-state index contributed by atoms with van der Waals surface area (Å²) in [5, 5.41) is 2.98. The predicted molar refractivity (Wildman–Crippen MR) is 123 cm³/mol. The summed E-state index contributed by atoms with van der Waals surface area (Å²) >= 11 is 0. The van der Waals surface area contributed by atoms with Crippen LogP contribution < -0.4 is 5.32 Å². The van der Waals surface area contributed by atoms with Crippen LogP contribution in [0.5, 0.6) is 0 Å². The van der Waals surface area contributed by atoms with E-state index in [4.69, 9.17) is 0 Å².